The Labute approximate surface area is 153 Å². The lowest BCUT2D eigenvalue weighted by Gasteiger charge is -2.32. The van der Waals surface area contributed by atoms with Crippen molar-refractivity contribution in [1.29, 1.82) is 0 Å². The van der Waals surface area contributed by atoms with Crippen molar-refractivity contribution >= 4 is 17.7 Å². The lowest BCUT2D eigenvalue weighted by Crippen LogP contribution is -2.43. The van der Waals surface area contributed by atoms with E-state index >= 15 is 0 Å². The van der Waals surface area contributed by atoms with Gasteiger partial charge in [0, 0.05) is 10.8 Å². The third-order valence-corrected chi connectivity index (χ3v) is 4.44. The highest BCUT2D eigenvalue weighted by Crippen LogP contribution is 2.47. The number of nitrogens with zero attached hydrogens (tertiary/aromatic N) is 2. The second kappa shape index (κ2) is 6.70. The normalized spacial score (nSPS) is 18.5. The highest BCUT2D eigenvalue weighted by Gasteiger charge is 2.50. The van der Waals surface area contributed by atoms with Crippen molar-refractivity contribution in [3.8, 4) is 0 Å². The highest BCUT2D eigenvalue weighted by atomic mass is 16.6. The summed E-state index contributed by atoms with van der Waals surface area (Å²) in [6.07, 6.45) is -0.758. The van der Waals surface area contributed by atoms with Gasteiger partial charge in [-0.3, -0.25) is 14.9 Å². The summed E-state index contributed by atoms with van der Waals surface area (Å²) in [6.45, 7) is 10.4. The zero-order valence-corrected chi connectivity index (χ0v) is 16.1. The number of nitro groups is 1. The Bertz CT molecular complexity index is 730. The van der Waals surface area contributed by atoms with Crippen LogP contribution in [0.2, 0.25) is 0 Å². The van der Waals surface area contributed by atoms with E-state index in [0.717, 1.165) is 4.90 Å². The molecule has 0 unspecified atom stereocenters. The minimum absolute atomic E-state index is 0.351. The second-order valence-electron chi connectivity index (χ2n) is 8.68. The first kappa shape index (κ1) is 19.9. The summed E-state index contributed by atoms with van der Waals surface area (Å²) < 4.78 is 5.38. The molecule has 0 saturated heterocycles. The van der Waals surface area contributed by atoms with Crippen LogP contribution in [-0.2, 0) is 9.53 Å². The predicted molar refractivity (Wildman–Crippen MR) is 97.7 cm³/mol. The lowest BCUT2D eigenvalue weighted by molar-refractivity contribution is -0.492. The smallest absolute Gasteiger partial charge is 0.421 e. The molecular weight excluding hydrogens is 336 g/mol. The molecule has 0 aliphatic carbocycles. The van der Waals surface area contributed by atoms with Crippen LogP contribution in [0.5, 0.6) is 0 Å². The van der Waals surface area contributed by atoms with Crippen molar-refractivity contribution in [2.75, 3.05) is 11.4 Å². The summed E-state index contributed by atoms with van der Waals surface area (Å²) in [4.78, 5) is 37.6. The van der Waals surface area contributed by atoms with Crippen molar-refractivity contribution in [2.24, 2.45) is 11.3 Å². The number of hydrogen-bond acceptors (Lipinski definition) is 5. The summed E-state index contributed by atoms with van der Waals surface area (Å²) in [6, 6.07) is 6.92. The van der Waals surface area contributed by atoms with Gasteiger partial charge in [0.2, 0.25) is 12.5 Å². The van der Waals surface area contributed by atoms with Crippen molar-refractivity contribution in [3.63, 3.8) is 0 Å². The van der Waals surface area contributed by atoms with Crippen LogP contribution in [0.3, 0.4) is 0 Å². The number of para-hydroxylation sites is 1. The molecule has 0 aromatic heterocycles. The minimum atomic E-state index is -0.760. The molecule has 1 heterocycles. The molecule has 0 radical (unpaired) electrons. The van der Waals surface area contributed by atoms with Crippen LogP contribution >= 0.6 is 0 Å². The van der Waals surface area contributed by atoms with Crippen LogP contribution in [0.25, 0.3) is 0 Å². The molecule has 26 heavy (non-hydrogen) atoms. The molecule has 1 aromatic rings. The third kappa shape index (κ3) is 4.03. The van der Waals surface area contributed by atoms with E-state index in [9.17, 15) is 19.7 Å². The minimum Gasteiger partial charge on any atom is -0.443 e. The van der Waals surface area contributed by atoms with Gasteiger partial charge in [-0.05, 0) is 37.8 Å². The van der Waals surface area contributed by atoms with Gasteiger partial charge in [0.1, 0.15) is 5.60 Å². The molecule has 2 rings (SSSR count). The number of hydrogen-bond donors (Lipinski definition) is 0. The molecule has 1 aliphatic rings. The van der Waals surface area contributed by atoms with Gasteiger partial charge in [-0.25, -0.2) is 9.69 Å². The average Bonchev–Trinajstić information content (AvgIpc) is 2.73. The number of carbonyl (C=O) groups excluding carboxylic acids is 2. The van der Waals surface area contributed by atoms with Gasteiger partial charge in [-0.1, -0.05) is 39.0 Å². The molecule has 0 spiro atoms. The van der Waals surface area contributed by atoms with Gasteiger partial charge in [-0.2, -0.15) is 0 Å². The fourth-order valence-electron chi connectivity index (χ4n) is 3.27. The lowest BCUT2D eigenvalue weighted by atomic mass is 9.71. The molecule has 7 heteroatoms. The quantitative estimate of drug-likeness (QED) is 0.599. The van der Waals surface area contributed by atoms with Crippen LogP contribution in [0, 0.1) is 21.4 Å². The van der Waals surface area contributed by atoms with E-state index in [2.05, 4.69) is 0 Å². The summed E-state index contributed by atoms with van der Waals surface area (Å²) in [5.74, 6) is -1.79. The number of ether oxygens (including phenoxy) is 1. The van der Waals surface area contributed by atoms with Crippen LogP contribution in [-0.4, -0.2) is 29.1 Å². The number of imide groups is 1. The van der Waals surface area contributed by atoms with E-state index in [-0.39, 0.29) is 6.54 Å². The van der Waals surface area contributed by atoms with Crippen molar-refractivity contribution < 1.29 is 19.2 Å². The molecule has 1 aromatic carbocycles. The maximum atomic E-state index is 13.2. The maximum absolute atomic E-state index is 13.2. The number of benzene rings is 1. The number of anilines is 1. The first-order valence-corrected chi connectivity index (χ1v) is 8.60. The topological polar surface area (TPSA) is 89.8 Å². The number of rotatable bonds is 3. The van der Waals surface area contributed by atoms with Gasteiger partial charge in [0.15, 0.2) is 0 Å². The molecule has 2 amide bonds. The van der Waals surface area contributed by atoms with Crippen molar-refractivity contribution in [1.82, 2.24) is 0 Å². The SMILES string of the molecule is CC(C)(C)OC(=O)N1C(=O)[C@H]([C@H](C[N+](=O)[O-])C(C)(C)C)c2ccccc21. The van der Waals surface area contributed by atoms with E-state index in [1.165, 1.54) is 0 Å². The summed E-state index contributed by atoms with van der Waals surface area (Å²) >= 11 is 0. The van der Waals surface area contributed by atoms with Gasteiger partial charge < -0.3 is 4.74 Å². The molecule has 1 aliphatic heterocycles. The van der Waals surface area contributed by atoms with E-state index in [1.807, 2.05) is 20.8 Å². The van der Waals surface area contributed by atoms with Crippen LogP contribution < -0.4 is 4.90 Å². The number of amides is 2. The third-order valence-electron chi connectivity index (χ3n) is 4.44. The van der Waals surface area contributed by atoms with E-state index < -0.39 is 39.8 Å². The molecule has 0 fully saturated rings. The molecule has 142 valence electrons. The standard InChI is InChI=1S/C19H26N2O5/c1-18(2,3)13(11-20(24)25)15-12-9-7-8-10-14(12)21(16(15)22)17(23)26-19(4,5)6/h7-10,13,15H,11H2,1-6H3/t13-,15-/m0/s1. The van der Waals surface area contributed by atoms with Gasteiger partial charge in [-0.15, -0.1) is 0 Å². The molecule has 0 N–H and O–H groups in total. The van der Waals surface area contributed by atoms with Crippen LogP contribution in [0.1, 0.15) is 53.0 Å². The van der Waals surface area contributed by atoms with Crippen LogP contribution in [0.4, 0.5) is 10.5 Å². The number of fused-ring (bicyclic) bond motifs is 1. The van der Waals surface area contributed by atoms with Crippen LogP contribution in [0.15, 0.2) is 24.3 Å². The summed E-state index contributed by atoms with van der Waals surface area (Å²) in [7, 11) is 0. The van der Waals surface area contributed by atoms with Crippen molar-refractivity contribution in [2.45, 2.75) is 53.1 Å². The van der Waals surface area contributed by atoms with E-state index in [1.54, 1.807) is 45.0 Å². The van der Waals surface area contributed by atoms with Crippen molar-refractivity contribution in [3.05, 3.63) is 39.9 Å². The number of carbonyl (C=O) groups is 2. The predicted octanol–water partition coefficient (Wildman–Crippen LogP) is 3.99. The fourth-order valence-corrected chi connectivity index (χ4v) is 3.27. The Morgan fingerprint density at radius 3 is 2.31 bits per heavy atom. The molecule has 7 nitrogen and oxygen atoms in total. The first-order valence-electron chi connectivity index (χ1n) is 8.60. The maximum Gasteiger partial charge on any atom is 0.421 e. The Kier molecular flexibility index (Phi) is 5.12. The summed E-state index contributed by atoms with van der Waals surface area (Å²) in [5.41, 5.74) is -0.182. The molecule has 0 saturated carbocycles. The first-order chi connectivity index (χ1) is 11.8. The Morgan fingerprint density at radius 1 is 1.23 bits per heavy atom. The zero-order valence-electron chi connectivity index (χ0n) is 16.1. The summed E-state index contributed by atoms with van der Waals surface area (Å²) in [5, 5.41) is 11.2. The molecule has 0 bridgehead atoms. The Hall–Kier alpha value is -2.44. The second-order valence-corrected chi connectivity index (χ2v) is 8.68. The Balaban J connectivity index is 2.51. The zero-order chi connectivity index (χ0) is 19.9. The van der Waals surface area contributed by atoms with Gasteiger partial charge in [0.25, 0.3) is 0 Å². The molecular formula is C19H26N2O5. The van der Waals surface area contributed by atoms with E-state index in [4.69, 9.17) is 4.74 Å². The largest absolute Gasteiger partial charge is 0.443 e. The fraction of sp³-hybridized carbons (Fsp3) is 0.579. The van der Waals surface area contributed by atoms with E-state index in [0.29, 0.717) is 11.3 Å². The average molecular weight is 362 g/mol. The molecule has 2 atom stereocenters. The van der Waals surface area contributed by atoms with Gasteiger partial charge in [0.05, 0.1) is 11.6 Å². The van der Waals surface area contributed by atoms with Gasteiger partial charge >= 0.3 is 6.09 Å². The Morgan fingerprint density at radius 2 is 1.81 bits per heavy atom. The monoisotopic (exact) mass is 362 g/mol. The highest BCUT2D eigenvalue weighted by molar-refractivity contribution is 6.19.